The first-order chi connectivity index (χ1) is 9.38. The average Bonchev–Trinajstić information content (AvgIpc) is 2.43. The van der Waals surface area contributed by atoms with Crippen molar-refractivity contribution < 1.29 is 13.5 Å². The molecule has 0 aromatic heterocycles. The standard InChI is InChI=1S/C15H25NO3S/c1-13(2)10-12-20(18,19)16(3)15(9-11-17)14-7-5-4-6-8-14/h4-8,13,15,17H,9-12H2,1-3H3. The van der Waals surface area contributed by atoms with E-state index in [2.05, 4.69) is 0 Å². The maximum atomic E-state index is 12.4. The van der Waals surface area contributed by atoms with Crippen LogP contribution in [0.15, 0.2) is 30.3 Å². The molecule has 1 aromatic carbocycles. The van der Waals surface area contributed by atoms with Crippen LogP contribution in [0.5, 0.6) is 0 Å². The summed E-state index contributed by atoms with van der Waals surface area (Å²) in [6, 6.07) is 9.15. The van der Waals surface area contributed by atoms with Gasteiger partial charge in [0.2, 0.25) is 10.0 Å². The van der Waals surface area contributed by atoms with Crippen molar-refractivity contribution >= 4 is 10.0 Å². The minimum absolute atomic E-state index is 0.0381. The van der Waals surface area contributed by atoms with Gasteiger partial charge in [-0.05, 0) is 24.3 Å². The maximum Gasteiger partial charge on any atom is 0.214 e. The third-order valence-electron chi connectivity index (χ3n) is 3.42. The van der Waals surface area contributed by atoms with Crippen molar-refractivity contribution in [1.82, 2.24) is 4.31 Å². The van der Waals surface area contributed by atoms with Crippen LogP contribution in [-0.2, 0) is 10.0 Å². The summed E-state index contributed by atoms with van der Waals surface area (Å²) in [6.07, 6.45) is 1.05. The Morgan fingerprint density at radius 2 is 1.75 bits per heavy atom. The van der Waals surface area contributed by atoms with E-state index in [0.717, 1.165) is 5.56 Å². The number of aliphatic hydroxyl groups is 1. The zero-order valence-corrected chi connectivity index (χ0v) is 13.3. The minimum Gasteiger partial charge on any atom is -0.396 e. The van der Waals surface area contributed by atoms with Crippen LogP contribution in [0.1, 0.15) is 38.3 Å². The van der Waals surface area contributed by atoms with E-state index in [1.165, 1.54) is 4.31 Å². The van der Waals surface area contributed by atoms with Gasteiger partial charge in [0.25, 0.3) is 0 Å². The van der Waals surface area contributed by atoms with Crippen molar-refractivity contribution in [3.8, 4) is 0 Å². The van der Waals surface area contributed by atoms with Gasteiger partial charge in [0.1, 0.15) is 0 Å². The summed E-state index contributed by atoms with van der Waals surface area (Å²) in [5.41, 5.74) is 0.914. The monoisotopic (exact) mass is 299 g/mol. The lowest BCUT2D eigenvalue weighted by atomic mass is 10.0. The first-order valence-electron chi connectivity index (χ1n) is 7.00. The van der Waals surface area contributed by atoms with E-state index in [1.807, 2.05) is 44.2 Å². The molecule has 0 fully saturated rings. The van der Waals surface area contributed by atoms with E-state index in [4.69, 9.17) is 0 Å². The summed E-state index contributed by atoms with van der Waals surface area (Å²) < 4.78 is 26.1. The van der Waals surface area contributed by atoms with Gasteiger partial charge in [0.15, 0.2) is 0 Å². The highest BCUT2D eigenvalue weighted by atomic mass is 32.2. The second-order valence-corrected chi connectivity index (χ2v) is 7.60. The minimum atomic E-state index is -3.30. The van der Waals surface area contributed by atoms with Crippen LogP contribution < -0.4 is 0 Å². The van der Waals surface area contributed by atoms with Crippen LogP contribution in [0.4, 0.5) is 0 Å². The molecule has 114 valence electrons. The highest BCUT2D eigenvalue weighted by Gasteiger charge is 2.26. The quantitative estimate of drug-likeness (QED) is 0.802. The molecular weight excluding hydrogens is 274 g/mol. The number of hydrogen-bond acceptors (Lipinski definition) is 3. The van der Waals surface area contributed by atoms with Gasteiger partial charge in [-0.1, -0.05) is 44.2 Å². The second kappa shape index (κ2) is 7.76. The Hall–Kier alpha value is -0.910. The molecule has 1 rings (SSSR count). The van der Waals surface area contributed by atoms with Crippen LogP contribution in [0.25, 0.3) is 0 Å². The topological polar surface area (TPSA) is 57.6 Å². The lowest BCUT2D eigenvalue weighted by Crippen LogP contribution is -2.34. The lowest BCUT2D eigenvalue weighted by molar-refractivity contribution is 0.240. The predicted octanol–water partition coefficient (Wildman–Crippen LogP) is 2.42. The Bertz CT molecular complexity index is 485. The Kier molecular flexibility index (Phi) is 6.65. The molecule has 5 heteroatoms. The van der Waals surface area contributed by atoms with Crippen molar-refractivity contribution in [3.05, 3.63) is 35.9 Å². The Morgan fingerprint density at radius 1 is 1.15 bits per heavy atom. The molecule has 0 spiro atoms. The van der Waals surface area contributed by atoms with E-state index in [0.29, 0.717) is 18.8 Å². The zero-order chi connectivity index (χ0) is 15.2. The van der Waals surface area contributed by atoms with Crippen LogP contribution >= 0.6 is 0 Å². The normalized spacial score (nSPS) is 13.9. The van der Waals surface area contributed by atoms with Crippen LogP contribution in [0, 0.1) is 5.92 Å². The fourth-order valence-corrected chi connectivity index (χ4v) is 3.75. The zero-order valence-electron chi connectivity index (χ0n) is 12.5. The van der Waals surface area contributed by atoms with Gasteiger partial charge in [-0.3, -0.25) is 0 Å². The van der Waals surface area contributed by atoms with E-state index in [1.54, 1.807) is 7.05 Å². The number of rotatable bonds is 8. The highest BCUT2D eigenvalue weighted by molar-refractivity contribution is 7.89. The third kappa shape index (κ3) is 4.89. The van der Waals surface area contributed by atoms with Gasteiger partial charge in [-0.15, -0.1) is 0 Å². The molecule has 0 aliphatic heterocycles. The number of hydrogen-bond donors (Lipinski definition) is 1. The summed E-state index contributed by atoms with van der Waals surface area (Å²) in [7, 11) is -1.70. The molecule has 20 heavy (non-hydrogen) atoms. The van der Waals surface area contributed by atoms with Crippen molar-refractivity contribution in [2.75, 3.05) is 19.4 Å². The Balaban J connectivity index is 2.91. The predicted molar refractivity (Wildman–Crippen MR) is 81.9 cm³/mol. The molecule has 0 amide bonds. The number of benzene rings is 1. The first kappa shape index (κ1) is 17.1. The van der Waals surface area contributed by atoms with Gasteiger partial charge in [-0.2, -0.15) is 4.31 Å². The molecule has 0 aliphatic carbocycles. The fourth-order valence-electron chi connectivity index (χ4n) is 2.08. The van der Waals surface area contributed by atoms with Gasteiger partial charge >= 0.3 is 0 Å². The number of nitrogens with zero attached hydrogens (tertiary/aromatic N) is 1. The molecule has 0 radical (unpaired) electrons. The van der Waals surface area contributed by atoms with Gasteiger partial charge in [-0.25, -0.2) is 8.42 Å². The Morgan fingerprint density at radius 3 is 2.25 bits per heavy atom. The average molecular weight is 299 g/mol. The molecule has 1 unspecified atom stereocenters. The van der Waals surface area contributed by atoms with Crippen molar-refractivity contribution in [1.29, 1.82) is 0 Å². The highest BCUT2D eigenvalue weighted by Crippen LogP contribution is 2.26. The molecule has 1 atom stereocenters. The molecular formula is C15H25NO3S. The Labute approximate surface area is 122 Å². The second-order valence-electron chi connectivity index (χ2n) is 5.45. The van der Waals surface area contributed by atoms with Gasteiger partial charge in [0.05, 0.1) is 11.8 Å². The van der Waals surface area contributed by atoms with Crippen LogP contribution in [0.3, 0.4) is 0 Å². The molecule has 1 N–H and O–H groups in total. The maximum absolute atomic E-state index is 12.4. The summed E-state index contributed by atoms with van der Waals surface area (Å²) >= 11 is 0. The van der Waals surface area contributed by atoms with Gasteiger partial charge < -0.3 is 5.11 Å². The largest absolute Gasteiger partial charge is 0.396 e. The van der Waals surface area contributed by atoms with Crippen molar-refractivity contribution in [2.45, 2.75) is 32.7 Å². The first-order valence-corrected chi connectivity index (χ1v) is 8.61. The molecule has 0 heterocycles. The van der Waals surface area contributed by atoms with Crippen molar-refractivity contribution in [3.63, 3.8) is 0 Å². The van der Waals surface area contributed by atoms with Gasteiger partial charge in [0, 0.05) is 13.7 Å². The molecule has 4 nitrogen and oxygen atoms in total. The van der Waals surface area contributed by atoms with E-state index in [-0.39, 0.29) is 18.4 Å². The summed E-state index contributed by atoms with van der Waals surface area (Å²) in [4.78, 5) is 0. The van der Waals surface area contributed by atoms with Crippen LogP contribution in [-0.4, -0.2) is 37.2 Å². The van der Waals surface area contributed by atoms with Crippen LogP contribution in [0.2, 0.25) is 0 Å². The van der Waals surface area contributed by atoms with E-state index in [9.17, 15) is 13.5 Å². The summed E-state index contributed by atoms with van der Waals surface area (Å²) in [6.45, 7) is 3.99. The smallest absolute Gasteiger partial charge is 0.214 e. The van der Waals surface area contributed by atoms with Crippen molar-refractivity contribution in [2.24, 2.45) is 5.92 Å². The fraction of sp³-hybridized carbons (Fsp3) is 0.600. The summed E-state index contributed by atoms with van der Waals surface area (Å²) in [5, 5.41) is 9.21. The molecule has 1 aromatic rings. The lowest BCUT2D eigenvalue weighted by Gasteiger charge is -2.27. The van der Waals surface area contributed by atoms with E-state index >= 15 is 0 Å². The number of sulfonamides is 1. The molecule has 0 saturated carbocycles. The summed E-state index contributed by atoms with van der Waals surface area (Å²) in [5.74, 6) is 0.502. The SMILES string of the molecule is CC(C)CCS(=O)(=O)N(C)C(CCO)c1ccccc1. The molecule has 0 saturated heterocycles. The molecule has 0 aliphatic rings. The third-order valence-corrected chi connectivity index (χ3v) is 5.30. The number of aliphatic hydroxyl groups excluding tert-OH is 1. The molecule has 0 bridgehead atoms. The van der Waals surface area contributed by atoms with E-state index < -0.39 is 10.0 Å².